The van der Waals surface area contributed by atoms with Gasteiger partial charge in [-0.25, -0.2) is 0 Å². The number of aliphatic hydroxyl groups excluding tert-OH is 2. The van der Waals surface area contributed by atoms with Crippen molar-refractivity contribution < 1.29 is 24.5 Å². The summed E-state index contributed by atoms with van der Waals surface area (Å²) in [5.74, 6) is -0.496. The fraction of sp³-hybridized carbons (Fsp3) is 0.836. The lowest BCUT2D eigenvalue weighted by atomic mass is 10.0. The summed E-state index contributed by atoms with van der Waals surface area (Å²) in [5, 5.41) is 23.9. The van der Waals surface area contributed by atoms with Gasteiger partial charge in [0.15, 0.2) is 0 Å². The van der Waals surface area contributed by atoms with E-state index in [9.17, 15) is 19.8 Å². The Kier molecular flexibility index (Phi) is 53.0. The number of carbonyl (C=O) groups excluding carboxylic acids is 2. The highest BCUT2D eigenvalue weighted by molar-refractivity contribution is 5.77. The molecule has 0 spiro atoms. The number of nitrogens with one attached hydrogen (secondary N) is 1. The van der Waals surface area contributed by atoms with Gasteiger partial charge in [-0.15, -0.1) is 0 Å². The number of amides is 1. The van der Waals surface area contributed by atoms with Crippen molar-refractivity contribution in [1.29, 1.82) is 0 Å². The number of unbranched alkanes of at least 4 members (excludes halogenated alkanes) is 33. The molecule has 0 aromatic rings. The summed E-state index contributed by atoms with van der Waals surface area (Å²) in [4.78, 5) is 26.3. The number of ether oxygens (including phenoxy) is 1. The zero-order valence-corrected chi connectivity index (χ0v) is 44.8. The Morgan fingerprint density at radius 2 is 0.761 bits per heavy atom. The van der Waals surface area contributed by atoms with E-state index in [-0.39, 0.29) is 24.9 Å². The molecule has 3 N–H and O–H groups in total. The van der Waals surface area contributed by atoms with Crippen LogP contribution in [0.2, 0.25) is 0 Å². The fourth-order valence-electron chi connectivity index (χ4n) is 8.90. The highest BCUT2D eigenvalue weighted by atomic mass is 16.5. The van der Waals surface area contributed by atoms with E-state index in [1.807, 2.05) is 0 Å². The van der Waals surface area contributed by atoms with Crippen molar-refractivity contribution in [3.63, 3.8) is 0 Å². The Morgan fingerprint density at radius 3 is 1.19 bits per heavy atom. The average Bonchev–Trinajstić information content (AvgIpc) is 3.32. The Bertz CT molecular complexity index is 1150. The number of hydrogen-bond donors (Lipinski definition) is 3. The maximum absolute atomic E-state index is 13.3. The van der Waals surface area contributed by atoms with Crippen LogP contribution in [0.1, 0.15) is 303 Å². The zero-order chi connectivity index (χ0) is 48.8. The molecule has 0 bridgehead atoms. The van der Waals surface area contributed by atoms with Gasteiger partial charge in [0.25, 0.3) is 0 Å². The highest BCUT2D eigenvalue weighted by Crippen LogP contribution is 2.18. The van der Waals surface area contributed by atoms with Crippen LogP contribution >= 0.6 is 0 Å². The molecule has 0 aliphatic rings. The Morgan fingerprint density at radius 1 is 0.433 bits per heavy atom. The second kappa shape index (κ2) is 54.8. The summed E-state index contributed by atoms with van der Waals surface area (Å²) >= 11 is 0. The van der Waals surface area contributed by atoms with Gasteiger partial charge in [0.2, 0.25) is 5.91 Å². The summed E-state index contributed by atoms with van der Waals surface area (Å²) in [6.07, 6.45) is 67.4. The van der Waals surface area contributed by atoms with E-state index in [0.717, 1.165) is 89.9 Å². The molecule has 0 radical (unpaired) electrons. The smallest absolute Gasteiger partial charge is 0.306 e. The number of aliphatic hydroxyl groups is 2. The van der Waals surface area contributed by atoms with Crippen LogP contribution in [0, 0.1) is 0 Å². The minimum atomic E-state index is -0.795. The van der Waals surface area contributed by atoms with Crippen molar-refractivity contribution in [3.05, 3.63) is 48.6 Å². The number of rotatable bonds is 53. The third kappa shape index (κ3) is 50.0. The Hall–Kier alpha value is -2.18. The largest absolute Gasteiger partial charge is 0.462 e. The van der Waals surface area contributed by atoms with Crippen molar-refractivity contribution >= 4 is 11.9 Å². The first kappa shape index (κ1) is 64.8. The molecule has 0 aliphatic carbocycles. The fourth-order valence-corrected chi connectivity index (χ4v) is 8.90. The van der Waals surface area contributed by atoms with E-state index in [1.54, 1.807) is 0 Å². The maximum Gasteiger partial charge on any atom is 0.306 e. The van der Waals surface area contributed by atoms with Gasteiger partial charge in [0.1, 0.15) is 6.10 Å². The van der Waals surface area contributed by atoms with Crippen molar-refractivity contribution in [2.24, 2.45) is 0 Å². The Balaban J connectivity index is 4.58. The van der Waals surface area contributed by atoms with Crippen LogP contribution in [0.15, 0.2) is 48.6 Å². The lowest BCUT2D eigenvalue weighted by Gasteiger charge is -2.24. The van der Waals surface area contributed by atoms with Gasteiger partial charge < -0.3 is 20.3 Å². The molecule has 0 heterocycles. The van der Waals surface area contributed by atoms with Crippen LogP contribution in [0.25, 0.3) is 0 Å². The second-order valence-corrected chi connectivity index (χ2v) is 20.0. The van der Waals surface area contributed by atoms with E-state index in [0.29, 0.717) is 19.3 Å². The van der Waals surface area contributed by atoms with E-state index in [4.69, 9.17) is 4.74 Å². The molecule has 3 unspecified atom stereocenters. The molecule has 0 aliphatic heterocycles. The highest BCUT2D eigenvalue weighted by Gasteiger charge is 2.24. The molecular formula is C61H113NO5. The van der Waals surface area contributed by atoms with E-state index >= 15 is 0 Å². The van der Waals surface area contributed by atoms with Crippen molar-refractivity contribution in [2.45, 2.75) is 322 Å². The molecule has 0 aromatic carbocycles. The average molecular weight is 941 g/mol. The summed E-state index contributed by atoms with van der Waals surface area (Å²) in [6.45, 7) is 6.48. The number of esters is 1. The lowest BCUT2D eigenvalue weighted by molar-refractivity contribution is -0.151. The van der Waals surface area contributed by atoms with Crippen molar-refractivity contribution in [1.82, 2.24) is 5.32 Å². The molecule has 392 valence electrons. The van der Waals surface area contributed by atoms with Gasteiger partial charge >= 0.3 is 5.97 Å². The van der Waals surface area contributed by atoms with Crippen LogP contribution in [0.5, 0.6) is 0 Å². The molecule has 1 amide bonds. The first-order chi connectivity index (χ1) is 33.0. The molecule has 0 saturated carbocycles. The minimum absolute atomic E-state index is 0.0642. The molecule has 0 saturated heterocycles. The first-order valence-electron chi connectivity index (χ1n) is 29.4. The van der Waals surface area contributed by atoms with E-state index < -0.39 is 18.2 Å². The standard InChI is InChI=1S/C61H113NO5/c1-4-7-10-13-16-19-22-25-28-30-33-36-39-42-45-48-51-54-61(66)67-57(52-49-46-43-40-37-34-31-27-24-21-18-15-12-9-6-3)55-60(65)62-58(56-63)59(64)53-50-47-44-41-38-35-32-29-26-23-20-17-14-11-8-5-2/h16,19,25,27-28,31,33,36,57-59,63-64H,4-15,17-18,20-24,26,29-30,32,34-35,37-56H2,1-3H3,(H,62,65)/b19-16-,28-25-,31-27+,36-33-. The van der Waals surface area contributed by atoms with Gasteiger partial charge in [-0.05, 0) is 89.9 Å². The van der Waals surface area contributed by atoms with Crippen LogP contribution in [0.3, 0.4) is 0 Å². The van der Waals surface area contributed by atoms with Gasteiger partial charge in [-0.2, -0.15) is 0 Å². The van der Waals surface area contributed by atoms with Crippen LogP contribution in [-0.4, -0.2) is 46.9 Å². The van der Waals surface area contributed by atoms with Gasteiger partial charge in [-0.1, -0.05) is 249 Å². The minimum Gasteiger partial charge on any atom is -0.462 e. The van der Waals surface area contributed by atoms with Crippen molar-refractivity contribution in [2.75, 3.05) is 6.61 Å². The van der Waals surface area contributed by atoms with Crippen LogP contribution < -0.4 is 5.32 Å². The first-order valence-corrected chi connectivity index (χ1v) is 29.4. The third-order valence-corrected chi connectivity index (χ3v) is 13.4. The predicted octanol–water partition coefficient (Wildman–Crippen LogP) is 18.2. The monoisotopic (exact) mass is 940 g/mol. The summed E-state index contributed by atoms with van der Waals surface area (Å²) < 4.78 is 5.95. The molecule has 6 heteroatoms. The quantitative estimate of drug-likeness (QED) is 0.0321. The summed E-state index contributed by atoms with van der Waals surface area (Å²) in [5.41, 5.74) is 0. The van der Waals surface area contributed by atoms with Crippen LogP contribution in [-0.2, 0) is 14.3 Å². The molecule has 6 nitrogen and oxygen atoms in total. The summed E-state index contributed by atoms with van der Waals surface area (Å²) in [6, 6.07) is -0.710. The lowest BCUT2D eigenvalue weighted by Crippen LogP contribution is -2.46. The number of hydrogen-bond acceptors (Lipinski definition) is 5. The molecule has 0 fully saturated rings. The third-order valence-electron chi connectivity index (χ3n) is 13.4. The summed E-state index contributed by atoms with van der Waals surface area (Å²) in [7, 11) is 0. The van der Waals surface area contributed by atoms with Crippen LogP contribution in [0.4, 0.5) is 0 Å². The molecule has 3 atom stereocenters. The Labute approximate surface area is 416 Å². The van der Waals surface area contributed by atoms with Crippen molar-refractivity contribution in [3.8, 4) is 0 Å². The number of allylic oxidation sites excluding steroid dienone is 8. The maximum atomic E-state index is 13.3. The van der Waals surface area contributed by atoms with Gasteiger partial charge in [-0.3, -0.25) is 9.59 Å². The van der Waals surface area contributed by atoms with Gasteiger partial charge in [0.05, 0.1) is 25.2 Å². The number of carbonyl (C=O) groups is 2. The SMILES string of the molecule is CCCCC/C=C\C/C=C\C/C=C\CCCCCCC(=O)OC(CCCCCCC/C=C/CCCCCCCC)CC(=O)NC(CO)C(O)CCCCCCCCCCCCCCCCCC. The topological polar surface area (TPSA) is 95.9 Å². The molecule has 0 rings (SSSR count). The van der Waals surface area contributed by atoms with E-state index in [1.165, 1.54) is 167 Å². The molecule has 0 aromatic heterocycles. The normalized spacial score (nSPS) is 13.4. The van der Waals surface area contributed by atoms with E-state index in [2.05, 4.69) is 74.7 Å². The second-order valence-electron chi connectivity index (χ2n) is 20.0. The zero-order valence-electron chi connectivity index (χ0n) is 44.8. The molecule has 67 heavy (non-hydrogen) atoms. The molecular weight excluding hydrogens is 827 g/mol. The predicted molar refractivity (Wildman–Crippen MR) is 292 cm³/mol. The van der Waals surface area contributed by atoms with Gasteiger partial charge in [0, 0.05) is 6.42 Å².